The predicted octanol–water partition coefficient (Wildman–Crippen LogP) is 5.73. The summed E-state index contributed by atoms with van der Waals surface area (Å²) in [5.41, 5.74) is 0. The van der Waals surface area contributed by atoms with Crippen molar-refractivity contribution in [2.45, 2.75) is 58.8 Å². The van der Waals surface area contributed by atoms with Crippen LogP contribution in [-0.4, -0.2) is 0 Å². The van der Waals surface area contributed by atoms with Crippen molar-refractivity contribution in [3.63, 3.8) is 0 Å². The number of unbranched alkanes of at least 4 members (excludes halogenated alkanes) is 5. The zero-order valence-electron chi connectivity index (χ0n) is 10.2. The molecule has 1 atom stereocenters. The monoisotopic (exact) mass is 223 g/mol. The first-order valence-corrected chi connectivity index (χ1v) is 7.38. The minimum Gasteiger partial charge on any atom is -0.0654 e. The molecule has 1 unspecified atom stereocenters. The molecular formula is C14H24P. The zero-order chi connectivity index (χ0) is 10.9. The third-order valence-corrected chi connectivity index (χ3v) is 4.28. The quantitative estimate of drug-likeness (QED) is 0.364. The van der Waals surface area contributed by atoms with Crippen LogP contribution in [0.1, 0.15) is 58.8 Å². The van der Waals surface area contributed by atoms with E-state index in [-0.39, 0.29) is 0 Å². The van der Waals surface area contributed by atoms with E-state index in [1.54, 1.807) is 5.31 Å². The van der Waals surface area contributed by atoms with Crippen molar-refractivity contribution in [2.75, 3.05) is 0 Å². The maximum atomic E-state index is 2.37. The van der Waals surface area contributed by atoms with Gasteiger partial charge in [-0.25, -0.2) is 0 Å². The lowest BCUT2D eigenvalue weighted by molar-refractivity contribution is 0.539. The van der Waals surface area contributed by atoms with E-state index >= 15 is 0 Å². The molecule has 1 aliphatic rings. The van der Waals surface area contributed by atoms with E-state index in [1.807, 2.05) is 0 Å². The second-order valence-electron chi connectivity index (χ2n) is 4.52. The second kappa shape index (κ2) is 8.11. The van der Waals surface area contributed by atoms with Crippen LogP contribution in [-0.2, 0) is 0 Å². The first kappa shape index (κ1) is 13.0. The largest absolute Gasteiger partial charge is 0.0654 e. The second-order valence-corrected chi connectivity index (χ2v) is 5.59. The Kier molecular flexibility index (Phi) is 7.01. The van der Waals surface area contributed by atoms with Gasteiger partial charge in [0, 0.05) is 0 Å². The average Bonchev–Trinajstić information content (AvgIpc) is 2.76. The minimum atomic E-state index is 0.799. The van der Waals surface area contributed by atoms with Gasteiger partial charge in [0.15, 0.2) is 0 Å². The van der Waals surface area contributed by atoms with Gasteiger partial charge in [0.1, 0.15) is 0 Å². The van der Waals surface area contributed by atoms with Crippen molar-refractivity contribution in [3.8, 4) is 0 Å². The average molecular weight is 223 g/mol. The molecule has 1 heteroatoms. The highest BCUT2D eigenvalue weighted by Crippen LogP contribution is 2.37. The summed E-state index contributed by atoms with van der Waals surface area (Å²) >= 11 is 0. The van der Waals surface area contributed by atoms with E-state index in [1.165, 1.54) is 53.5 Å². The molecule has 0 N–H and O–H groups in total. The van der Waals surface area contributed by atoms with E-state index in [0.717, 1.165) is 5.92 Å². The molecule has 0 aromatic heterocycles. The summed E-state index contributed by atoms with van der Waals surface area (Å²) in [7, 11) is 1.44. The summed E-state index contributed by atoms with van der Waals surface area (Å²) in [5, 5.41) is 1.61. The van der Waals surface area contributed by atoms with Gasteiger partial charge >= 0.3 is 0 Å². The highest BCUT2D eigenvalue weighted by molar-refractivity contribution is 7.47. The van der Waals surface area contributed by atoms with Crippen LogP contribution in [0.3, 0.4) is 0 Å². The molecule has 0 bridgehead atoms. The molecule has 1 rings (SSSR count). The van der Waals surface area contributed by atoms with Crippen molar-refractivity contribution in [3.05, 3.63) is 23.3 Å². The summed E-state index contributed by atoms with van der Waals surface area (Å²) in [6.07, 6.45) is 14.4. The Morgan fingerprint density at radius 2 is 1.87 bits per heavy atom. The summed E-state index contributed by atoms with van der Waals surface area (Å²) in [5.74, 6) is 3.04. The van der Waals surface area contributed by atoms with E-state index in [4.69, 9.17) is 0 Å². The molecule has 0 saturated heterocycles. The highest BCUT2D eigenvalue weighted by atomic mass is 31.1. The molecule has 0 saturated carbocycles. The number of hydrogen-bond donors (Lipinski definition) is 0. The van der Waals surface area contributed by atoms with Gasteiger partial charge in [0.25, 0.3) is 0 Å². The molecule has 0 aromatic rings. The topological polar surface area (TPSA) is 0 Å². The summed E-state index contributed by atoms with van der Waals surface area (Å²) in [6, 6.07) is 0. The first-order valence-electron chi connectivity index (χ1n) is 6.42. The molecule has 0 aliphatic carbocycles. The van der Waals surface area contributed by atoms with E-state index < -0.39 is 0 Å². The molecule has 0 amide bonds. The minimum absolute atomic E-state index is 0.799. The van der Waals surface area contributed by atoms with Crippen LogP contribution in [0.2, 0.25) is 0 Å². The molecule has 1 aliphatic heterocycles. The molecule has 1 radical (unpaired) electrons. The lowest BCUT2D eigenvalue weighted by Crippen LogP contribution is -1.94. The molecule has 15 heavy (non-hydrogen) atoms. The van der Waals surface area contributed by atoms with Gasteiger partial charge in [0.05, 0.1) is 0 Å². The van der Waals surface area contributed by atoms with Gasteiger partial charge in [-0.15, -0.1) is 0 Å². The van der Waals surface area contributed by atoms with E-state index in [0.29, 0.717) is 0 Å². The Morgan fingerprint density at radius 3 is 2.53 bits per heavy atom. The molecular weight excluding hydrogens is 199 g/mol. The maximum Gasteiger partial charge on any atom is -0.0179 e. The Balaban J connectivity index is 1.95. The van der Waals surface area contributed by atoms with Crippen LogP contribution in [0.4, 0.5) is 0 Å². The fourth-order valence-corrected chi connectivity index (χ4v) is 2.88. The first-order chi connectivity index (χ1) is 7.34. The normalized spacial score (nSPS) is 18.4. The third-order valence-electron chi connectivity index (χ3n) is 3.07. The van der Waals surface area contributed by atoms with Crippen LogP contribution >= 0.6 is 8.58 Å². The SMILES string of the molecule is CCCCCCCCC(C)C1=CC=C[P]1. The molecule has 1 heterocycles. The van der Waals surface area contributed by atoms with Crippen molar-refractivity contribution < 1.29 is 0 Å². The standard InChI is InChI=1S/C14H24P/c1-3-4-5-6-7-8-10-13(2)14-11-9-12-15-14/h9,11-13H,3-8,10H2,1-2H3. The smallest absolute Gasteiger partial charge is 0.0179 e. The molecule has 85 valence electrons. The van der Waals surface area contributed by atoms with Crippen molar-refractivity contribution in [1.82, 2.24) is 0 Å². The number of hydrogen-bond acceptors (Lipinski definition) is 0. The van der Waals surface area contributed by atoms with Gasteiger partial charge < -0.3 is 0 Å². The maximum absolute atomic E-state index is 2.37. The Hall–Kier alpha value is -0.0900. The summed E-state index contributed by atoms with van der Waals surface area (Å²) < 4.78 is 0. The van der Waals surface area contributed by atoms with Crippen molar-refractivity contribution in [1.29, 1.82) is 0 Å². The number of rotatable bonds is 8. The van der Waals surface area contributed by atoms with Gasteiger partial charge in [-0.1, -0.05) is 70.3 Å². The summed E-state index contributed by atoms with van der Waals surface area (Å²) in [4.78, 5) is 0. The summed E-state index contributed by atoms with van der Waals surface area (Å²) in [6.45, 7) is 4.65. The Morgan fingerprint density at radius 1 is 1.13 bits per heavy atom. The Labute approximate surface area is 97.0 Å². The Bertz CT molecular complexity index is 215. The van der Waals surface area contributed by atoms with Crippen LogP contribution in [0, 0.1) is 5.92 Å². The molecule has 0 nitrogen and oxygen atoms in total. The highest BCUT2D eigenvalue weighted by Gasteiger charge is 2.09. The van der Waals surface area contributed by atoms with Crippen molar-refractivity contribution in [2.24, 2.45) is 5.92 Å². The predicted molar refractivity (Wildman–Crippen MR) is 71.3 cm³/mol. The third kappa shape index (κ3) is 5.52. The van der Waals surface area contributed by atoms with E-state index in [2.05, 4.69) is 31.8 Å². The van der Waals surface area contributed by atoms with Crippen LogP contribution < -0.4 is 0 Å². The lowest BCUT2D eigenvalue weighted by Gasteiger charge is -2.11. The van der Waals surface area contributed by atoms with E-state index in [9.17, 15) is 0 Å². The fourth-order valence-electron chi connectivity index (χ4n) is 1.98. The molecule has 0 spiro atoms. The number of allylic oxidation sites excluding steroid dienone is 3. The fraction of sp³-hybridized carbons (Fsp3) is 0.714. The lowest BCUT2D eigenvalue weighted by atomic mass is 10.0. The van der Waals surface area contributed by atoms with Crippen LogP contribution in [0.15, 0.2) is 23.3 Å². The van der Waals surface area contributed by atoms with Gasteiger partial charge in [-0.2, -0.15) is 0 Å². The van der Waals surface area contributed by atoms with Gasteiger partial charge in [-0.3, -0.25) is 0 Å². The zero-order valence-corrected chi connectivity index (χ0v) is 11.1. The van der Waals surface area contributed by atoms with Crippen LogP contribution in [0.5, 0.6) is 0 Å². The van der Waals surface area contributed by atoms with Gasteiger partial charge in [-0.05, 0) is 26.2 Å². The van der Waals surface area contributed by atoms with Gasteiger partial charge in [0.2, 0.25) is 0 Å². The van der Waals surface area contributed by atoms with Crippen molar-refractivity contribution >= 4 is 8.58 Å². The molecule has 0 fully saturated rings. The van der Waals surface area contributed by atoms with Crippen LogP contribution in [0.25, 0.3) is 0 Å². The molecule has 0 aromatic carbocycles.